The summed E-state index contributed by atoms with van der Waals surface area (Å²) < 4.78 is 13.3. The van der Waals surface area contributed by atoms with Gasteiger partial charge in [-0.15, -0.1) is 0 Å². The number of likely N-dealkylation sites (tertiary alicyclic amines) is 1. The van der Waals surface area contributed by atoms with Crippen molar-refractivity contribution in [1.29, 1.82) is 0 Å². The van der Waals surface area contributed by atoms with Gasteiger partial charge in [-0.05, 0) is 38.0 Å². The number of hydrogen-bond acceptors (Lipinski definition) is 8. The summed E-state index contributed by atoms with van der Waals surface area (Å²) in [6, 6.07) is 9.60. The zero-order chi connectivity index (χ0) is 24.5. The molecule has 0 bridgehead atoms. The number of nitrogens with two attached hydrogens (primary N) is 1. The molecule has 0 spiro atoms. The molecule has 5 rings (SSSR count). The number of rotatable bonds is 6. The number of para-hydroxylation sites is 2. The van der Waals surface area contributed by atoms with Crippen LogP contribution in [0.3, 0.4) is 0 Å². The summed E-state index contributed by atoms with van der Waals surface area (Å²) in [4.78, 5) is 22.8. The van der Waals surface area contributed by atoms with Crippen molar-refractivity contribution in [1.82, 2.24) is 24.6 Å². The quantitative estimate of drug-likeness (QED) is 0.434. The van der Waals surface area contributed by atoms with Gasteiger partial charge in [-0.25, -0.2) is 9.97 Å². The minimum Gasteiger partial charge on any atom is -0.436 e. The van der Waals surface area contributed by atoms with Crippen LogP contribution in [0.25, 0.3) is 33.7 Å². The van der Waals surface area contributed by atoms with E-state index in [0.29, 0.717) is 42.6 Å². The van der Waals surface area contributed by atoms with Crippen molar-refractivity contribution in [2.75, 3.05) is 25.9 Å². The number of piperidine rings is 1. The van der Waals surface area contributed by atoms with E-state index < -0.39 is 6.10 Å². The summed E-state index contributed by atoms with van der Waals surface area (Å²) in [6.45, 7) is 2.99. The maximum absolute atomic E-state index is 12.1. The van der Waals surface area contributed by atoms with Crippen molar-refractivity contribution in [2.45, 2.75) is 38.5 Å². The second-order valence-electron chi connectivity index (χ2n) is 8.78. The molecule has 10 nitrogen and oxygen atoms in total. The Balaban J connectivity index is 1.45. The van der Waals surface area contributed by atoms with Crippen molar-refractivity contribution < 1.29 is 19.1 Å². The number of nitrogens with zero attached hydrogens (tertiary/aromatic N) is 5. The molecule has 1 saturated heterocycles. The predicted octanol–water partition coefficient (Wildman–Crippen LogP) is 3.03. The Bertz CT molecular complexity index is 1320. The van der Waals surface area contributed by atoms with Crippen molar-refractivity contribution >= 4 is 22.8 Å². The largest absolute Gasteiger partial charge is 0.436 e. The van der Waals surface area contributed by atoms with Crippen LogP contribution in [0.15, 0.2) is 47.1 Å². The minimum absolute atomic E-state index is 0.135. The van der Waals surface area contributed by atoms with Gasteiger partial charge >= 0.3 is 0 Å². The third-order valence-corrected chi connectivity index (χ3v) is 6.35. The van der Waals surface area contributed by atoms with Gasteiger partial charge in [0, 0.05) is 43.7 Å². The van der Waals surface area contributed by atoms with E-state index in [0.717, 1.165) is 35.2 Å². The number of carbonyl (C=O) groups is 1. The molecule has 1 aromatic carbocycles. The standard InChI is InChI=1S/C25H28N6O4/c1-15(32)25(33)30-9-7-17(8-10-30)31-13-19(21(29-31)14-34-2)16-11-18(23(26)27-12-16)24-28-20-5-3-4-6-22(20)35-24/h3-6,11-13,15,17,32H,7-10,14H2,1-2H3,(H2,26,27)/t15-/m0/s1. The Morgan fingerprint density at radius 3 is 2.77 bits per heavy atom. The third-order valence-electron chi connectivity index (χ3n) is 6.35. The Labute approximate surface area is 202 Å². The number of fused-ring (bicyclic) bond motifs is 1. The molecule has 35 heavy (non-hydrogen) atoms. The van der Waals surface area contributed by atoms with Gasteiger partial charge in [-0.1, -0.05) is 12.1 Å². The van der Waals surface area contributed by atoms with E-state index in [4.69, 9.17) is 20.0 Å². The van der Waals surface area contributed by atoms with E-state index in [1.165, 1.54) is 6.92 Å². The number of methoxy groups -OCH3 is 1. The number of aromatic nitrogens is 4. The molecule has 1 fully saturated rings. The monoisotopic (exact) mass is 476 g/mol. The van der Waals surface area contributed by atoms with Gasteiger partial charge in [0.05, 0.1) is 23.9 Å². The smallest absolute Gasteiger partial charge is 0.251 e. The van der Waals surface area contributed by atoms with Crippen LogP contribution in [-0.2, 0) is 16.1 Å². The SMILES string of the molecule is COCc1nn(C2CCN(C(=O)[C@H](C)O)CC2)cc1-c1cnc(N)c(-c2nc3ccccc3o2)c1. The van der Waals surface area contributed by atoms with E-state index in [1.54, 1.807) is 18.2 Å². The number of amides is 1. The maximum Gasteiger partial charge on any atom is 0.251 e. The molecule has 1 aliphatic rings. The number of aliphatic hydroxyl groups is 1. The number of hydrogen-bond donors (Lipinski definition) is 2. The van der Waals surface area contributed by atoms with E-state index in [9.17, 15) is 9.90 Å². The van der Waals surface area contributed by atoms with Gasteiger partial charge in [0.15, 0.2) is 5.58 Å². The first-order chi connectivity index (χ1) is 16.9. The van der Waals surface area contributed by atoms with Crippen LogP contribution in [0.4, 0.5) is 5.82 Å². The molecule has 0 radical (unpaired) electrons. The van der Waals surface area contributed by atoms with Gasteiger partial charge < -0.3 is 24.9 Å². The van der Waals surface area contributed by atoms with Crippen LogP contribution in [0.2, 0.25) is 0 Å². The summed E-state index contributed by atoms with van der Waals surface area (Å²) in [7, 11) is 1.63. The van der Waals surface area contributed by atoms with Crippen LogP contribution in [0.1, 0.15) is 31.5 Å². The number of pyridine rings is 1. The molecule has 10 heteroatoms. The van der Waals surface area contributed by atoms with Gasteiger partial charge in [-0.2, -0.15) is 5.10 Å². The molecular weight excluding hydrogens is 448 g/mol. The fourth-order valence-corrected chi connectivity index (χ4v) is 4.50. The van der Waals surface area contributed by atoms with Gasteiger partial charge in [0.25, 0.3) is 5.91 Å². The predicted molar refractivity (Wildman–Crippen MR) is 130 cm³/mol. The molecule has 4 heterocycles. The first-order valence-corrected chi connectivity index (χ1v) is 11.6. The molecule has 3 N–H and O–H groups in total. The van der Waals surface area contributed by atoms with Gasteiger partial charge in [-0.3, -0.25) is 9.48 Å². The summed E-state index contributed by atoms with van der Waals surface area (Å²) in [5, 5.41) is 14.4. The molecule has 4 aromatic rings. The first-order valence-electron chi connectivity index (χ1n) is 11.6. The van der Waals surface area contributed by atoms with Crippen molar-refractivity contribution in [2.24, 2.45) is 0 Å². The molecule has 1 atom stereocenters. The number of oxazole rings is 1. The minimum atomic E-state index is -0.982. The number of anilines is 1. The number of carbonyl (C=O) groups excluding carboxylic acids is 1. The maximum atomic E-state index is 12.1. The lowest BCUT2D eigenvalue weighted by molar-refractivity contribution is -0.140. The van der Waals surface area contributed by atoms with Crippen LogP contribution < -0.4 is 5.73 Å². The van der Waals surface area contributed by atoms with Crippen LogP contribution in [0, 0.1) is 0 Å². The molecule has 3 aromatic heterocycles. The average Bonchev–Trinajstić information content (AvgIpc) is 3.49. The molecule has 0 saturated carbocycles. The third kappa shape index (κ3) is 4.50. The zero-order valence-corrected chi connectivity index (χ0v) is 19.7. The summed E-state index contributed by atoms with van der Waals surface area (Å²) in [5.74, 6) is 0.509. The van der Waals surface area contributed by atoms with E-state index in [1.807, 2.05) is 41.2 Å². The molecular formula is C25H28N6O4. The normalized spacial score (nSPS) is 15.6. The number of aliphatic hydroxyl groups excluding tert-OH is 1. The lowest BCUT2D eigenvalue weighted by Gasteiger charge is -2.32. The van der Waals surface area contributed by atoms with Crippen molar-refractivity contribution in [3.8, 4) is 22.6 Å². The molecule has 0 aliphatic carbocycles. The van der Waals surface area contributed by atoms with E-state index in [2.05, 4.69) is 9.97 Å². The second kappa shape index (κ2) is 9.47. The molecule has 0 unspecified atom stereocenters. The Kier molecular flexibility index (Phi) is 6.23. The zero-order valence-electron chi connectivity index (χ0n) is 19.7. The highest BCUT2D eigenvalue weighted by Crippen LogP contribution is 2.34. The lowest BCUT2D eigenvalue weighted by Crippen LogP contribution is -2.43. The van der Waals surface area contributed by atoms with Crippen molar-refractivity contribution in [3.63, 3.8) is 0 Å². The first kappa shape index (κ1) is 23.0. The molecule has 182 valence electrons. The number of ether oxygens (including phenoxy) is 1. The van der Waals surface area contributed by atoms with Crippen LogP contribution >= 0.6 is 0 Å². The van der Waals surface area contributed by atoms with Crippen LogP contribution in [-0.4, -0.2) is 62.0 Å². The second-order valence-corrected chi connectivity index (χ2v) is 8.78. The Morgan fingerprint density at radius 1 is 1.29 bits per heavy atom. The highest BCUT2D eigenvalue weighted by Gasteiger charge is 2.27. The number of benzene rings is 1. The van der Waals surface area contributed by atoms with Crippen molar-refractivity contribution in [3.05, 3.63) is 48.4 Å². The molecule has 1 aliphatic heterocycles. The fraction of sp³-hybridized carbons (Fsp3) is 0.360. The fourth-order valence-electron chi connectivity index (χ4n) is 4.50. The number of nitrogen functional groups attached to an aromatic ring is 1. The van der Waals surface area contributed by atoms with Crippen LogP contribution in [0.5, 0.6) is 0 Å². The average molecular weight is 477 g/mol. The van der Waals surface area contributed by atoms with E-state index >= 15 is 0 Å². The van der Waals surface area contributed by atoms with Gasteiger partial charge in [0.1, 0.15) is 17.4 Å². The van der Waals surface area contributed by atoms with Gasteiger partial charge in [0.2, 0.25) is 5.89 Å². The summed E-state index contributed by atoms with van der Waals surface area (Å²) in [5.41, 5.74) is 10.7. The highest BCUT2D eigenvalue weighted by atomic mass is 16.5. The lowest BCUT2D eigenvalue weighted by atomic mass is 10.0. The summed E-state index contributed by atoms with van der Waals surface area (Å²) >= 11 is 0. The molecule has 1 amide bonds. The summed E-state index contributed by atoms with van der Waals surface area (Å²) in [6.07, 6.45) is 4.23. The highest BCUT2D eigenvalue weighted by molar-refractivity contribution is 5.81. The Hall–Kier alpha value is -3.76. The Morgan fingerprint density at radius 2 is 2.06 bits per heavy atom. The van der Waals surface area contributed by atoms with E-state index in [-0.39, 0.29) is 11.9 Å². The topological polar surface area (TPSA) is 133 Å².